The quantitative estimate of drug-likeness (QED) is 0.162. The van der Waals surface area contributed by atoms with E-state index >= 15 is 4.39 Å². The Hall–Kier alpha value is -4.37. The lowest BCUT2D eigenvalue weighted by Crippen LogP contribution is -2.54. The van der Waals surface area contributed by atoms with Crippen LogP contribution in [0.4, 0.5) is 19.0 Å². The molecule has 8 rings (SSSR count). The van der Waals surface area contributed by atoms with Gasteiger partial charge in [0, 0.05) is 73.8 Å². The van der Waals surface area contributed by atoms with Crippen LogP contribution in [0.5, 0.6) is 6.01 Å². The summed E-state index contributed by atoms with van der Waals surface area (Å²) in [5.74, 6) is 0.0113. The van der Waals surface area contributed by atoms with Gasteiger partial charge >= 0.3 is 6.01 Å². The largest absolute Gasteiger partial charge is 0.461 e. The number of aliphatic hydroxyl groups is 1. The van der Waals surface area contributed by atoms with Crippen LogP contribution in [0.3, 0.4) is 0 Å². The molecule has 0 bridgehead atoms. The maximum absolute atomic E-state index is 16.8. The Kier molecular flexibility index (Phi) is 9.26. The van der Waals surface area contributed by atoms with Crippen LogP contribution in [0.15, 0.2) is 53.2 Å². The van der Waals surface area contributed by atoms with Gasteiger partial charge in [-0.15, -0.1) is 0 Å². The van der Waals surface area contributed by atoms with Crippen molar-refractivity contribution in [2.75, 3.05) is 51.3 Å². The van der Waals surface area contributed by atoms with Gasteiger partial charge in [0.2, 0.25) is 5.82 Å². The number of aromatic nitrogens is 5. The highest BCUT2D eigenvalue weighted by Crippen LogP contribution is 2.41. The van der Waals surface area contributed by atoms with Crippen LogP contribution in [0.2, 0.25) is 5.02 Å². The molecule has 0 radical (unpaired) electrons. The van der Waals surface area contributed by atoms with Crippen molar-refractivity contribution in [3.8, 4) is 17.3 Å². The molecule has 0 saturated carbocycles. The Morgan fingerprint density at radius 3 is 2.77 bits per heavy atom. The Morgan fingerprint density at radius 1 is 1.17 bits per heavy atom. The number of hydrogen-bond donors (Lipinski definition) is 1. The van der Waals surface area contributed by atoms with Crippen molar-refractivity contribution >= 4 is 45.2 Å². The van der Waals surface area contributed by atoms with Gasteiger partial charge in [0.1, 0.15) is 36.0 Å². The number of halogens is 4. The van der Waals surface area contributed by atoms with Gasteiger partial charge in [-0.2, -0.15) is 15.0 Å². The Labute approximate surface area is 303 Å². The van der Waals surface area contributed by atoms with Crippen molar-refractivity contribution in [2.24, 2.45) is 5.92 Å². The third-order valence-electron chi connectivity index (χ3n) is 10.5. The topological polar surface area (TPSA) is 117 Å². The number of likely N-dealkylation sites (tertiary alicyclic amines) is 1. The molecule has 3 fully saturated rings. The van der Waals surface area contributed by atoms with E-state index in [0.29, 0.717) is 59.8 Å². The molecular formula is C37H38ClF3N8O3. The van der Waals surface area contributed by atoms with Gasteiger partial charge in [0.25, 0.3) is 5.89 Å². The van der Waals surface area contributed by atoms with E-state index in [1.807, 2.05) is 41.1 Å². The molecule has 272 valence electrons. The molecule has 15 heteroatoms. The summed E-state index contributed by atoms with van der Waals surface area (Å²) in [7, 11) is 1.86. The summed E-state index contributed by atoms with van der Waals surface area (Å²) >= 11 is 6.61. The van der Waals surface area contributed by atoms with Crippen LogP contribution in [0.1, 0.15) is 44.1 Å². The standard InChI is InChI=1S/C37H38ClF3N8O3/c1-21(39)34-43-28(52-46-34)10-11-29(50)48-17-22(18-48)16-47(2)35-26-15-42-32(25-8-3-6-23-7-4-9-27(38)30(23)25)31(41)33(26)44-36(45-35)51-20-37-12-5-13-49(37)19-24(40)14-37/h3-4,6-11,15,21-22,24,29,50H,5,12-14,16-20H2,1-2H3/b11-10+/t21-,24+,29?,37-/m0/s1. The molecule has 1 N–H and O–H groups in total. The molecule has 0 spiro atoms. The fourth-order valence-corrected chi connectivity index (χ4v) is 8.17. The van der Waals surface area contributed by atoms with Crippen LogP contribution in [0, 0.1) is 11.7 Å². The van der Waals surface area contributed by atoms with Crippen molar-refractivity contribution in [2.45, 2.75) is 50.3 Å². The molecule has 52 heavy (non-hydrogen) atoms. The van der Waals surface area contributed by atoms with E-state index in [1.165, 1.54) is 19.1 Å². The van der Waals surface area contributed by atoms with Gasteiger partial charge in [0.15, 0.2) is 12.0 Å². The number of hydrogen-bond acceptors (Lipinski definition) is 11. The Morgan fingerprint density at radius 2 is 1.98 bits per heavy atom. The van der Waals surface area contributed by atoms with Crippen molar-refractivity contribution < 1.29 is 27.5 Å². The first-order valence-corrected chi connectivity index (χ1v) is 17.8. The molecule has 2 aromatic carbocycles. The third kappa shape index (κ3) is 6.46. The summed E-state index contributed by atoms with van der Waals surface area (Å²) in [6.45, 7) is 4.38. The zero-order valence-electron chi connectivity index (χ0n) is 28.7. The number of anilines is 1. The number of benzene rings is 2. The number of ether oxygens (including phenoxy) is 1. The van der Waals surface area contributed by atoms with E-state index in [0.717, 1.165) is 24.8 Å². The highest BCUT2D eigenvalue weighted by Gasteiger charge is 2.49. The minimum atomic E-state index is -1.36. The van der Waals surface area contributed by atoms with Crippen molar-refractivity contribution in [1.82, 2.24) is 34.9 Å². The Bertz CT molecular complexity index is 2140. The normalized spacial score (nSPS) is 22.3. The van der Waals surface area contributed by atoms with Crippen LogP contribution in [-0.4, -0.2) is 104 Å². The molecule has 3 aliphatic heterocycles. The summed E-state index contributed by atoms with van der Waals surface area (Å²) in [6, 6.07) is 11.1. The second kappa shape index (κ2) is 13.9. The van der Waals surface area contributed by atoms with Gasteiger partial charge < -0.3 is 19.3 Å². The fourth-order valence-electron chi connectivity index (χ4n) is 7.89. The van der Waals surface area contributed by atoms with E-state index < -0.39 is 29.9 Å². The highest BCUT2D eigenvalue weighted by molar-refractivity contribution is 6.36. The van der Waals surface area contributed by atoms with Gasteiger partial charge in [-0.25, -0.2) is 13.2 Å². The molecule has 6 heterocycles. The van der Waals surface area contributed by atoms with E-state index in [2.05, 4.69) is 25.0 Å². The molecule has 5 aromatic rings. The Balaban J connectivity index is 1.06. The molecule has 3 saturated heterocycles. The van der Waals surface area contributed by atoms with E-state index in [1.54, 1.807) is 18.3 Å². The number of nitrogens with zero attached hydrogens (tertiary/aromatic N) is 8. The number of fused-ring (bicyclic) bond motifs is 3. The van der Waals surface area contributed by atoms with Crippen molar-refractivity contribution in [3.63, 3.8) is 0 Å². The van der Waals surface area contributed by atoms with E-state index in [-0.39, 0.29) is 41.5 Å². The van der Waals surface area contributed by atoms with E-state index in [9.17, 15) is 13.9 Å². The zero-order valence-corrected chi connectivity index (χ0v) is 29.5. The number of rotatable bonds is 11. The summed E-state index contributed by atoms with van der Waals surface area (Å²) in [5.41, 5.74) is 0.262. The molecule has 4 atom stereocenters. The van der Waals surface area contributed by atoms with Crippen molar-refractivity contribution in [1.29, 1.82) is 0 Å². The molecule has 1 unspecified atom stereocenters. The summed E-state index contributed by atoms with van der Waals surface area (Å²) in [6.07, 6.45) is 3.51. The smallest absolute Gasteiger partial charge is 0.319 e. The molecule has 0 aliphatic carbocycles. The van der Waals surface area contributed by atoms with Gasteiger partial charge in [-0.3, -0.25) is 14.8 Å². The van der Waals surface area contributed by atoms with Gasteiger partial charge in [0.05, 0.1) is 10.9 Å². The molecule has 0 amide bonds. The maximum Gasteiger partial charge on any atom is 0.319 e. The summed E-state index contributed by atoms with van der Waals surface area (Å²) in [5, 5.41) is 16.7. The summed E-state index contributed by atoms with van der Waals surface area (Å²) in [4.78, 5) is 23.8. The second-order valence-corrected chi connectivity index (χ2v) is 14.5. The molecule has 11 nitrogen and oxygen atoms in total. The predicted octanol–water partition coefficient (Wildman–Crippen LogP) is 6.41. The van der Waals surface area contributed by atoms with Crippen LogP contribution < -0.4 is 9.64 Å². The highest BCUT2D eigenvalue weighted by atomic mass is 35.5. The first kappa shape index (κ1) is 34.7. The molecule has 3 aliphatic rings. The lowest BCUT2D eigenvalue weighted by Gasteiger charge is -2.43. The minimum Gasteiger partial charge on any atom is -0.461 e. The van der Waals surface area contributed by atoms with E-state index in [4.69, 9.17) is 25.8 Å². The van der Waals surface area contributed by atoms with Crippen LogP contribution in [0.25, 0.3) is 39.0 Å². The predicted molar refractivity (Wildman–Crippen MR) is 191 cm³/mol. The monoisotopic (exact) mass is 734 g/mol. The SMILES string of the molecule is C[C@H](F)c1noc(/C=C/C(O)N2CC(CN(C)c3nc(OC[C@@]45CCCN4C[C@H](F)C5)nc4c(F)c(-c5cccc6cccc(Cl)c56)ncc34)C2)n1. The fraction of sp³-hybridized carbons (Fsp3) is 0.432. The average molecular weight is 735 g/mol. The second-order valence-electron chi connectivity index (χ2n) is 14.1. The summed E-state index contributed by atoms with van der Waals surface area (Å²) < 4.78 is 56.0. The lowest BCUT2D eigenvalue weighted by molar-refractivity contribution is -0.0327. The average Bonchev–Trinajstić information content (AvgIpc) is 3.82. The molecule has 3 aromatic heterocycles. The minimum absolute atomic E-state index is 0.00650. The first-order valence-electron chi connectivity index (χ1n) is 17.4. The van der Waals surface area contributed by atoms with Gasteiger partial charge in [-0.05, 0) is 43.8 Å². The maximum atomic E-state index is 16.8. The first-order chi connectivity index (χ1) is 25.1. The third-order valence-corrected chi connectivity index (χ3v) is 10.8. The number of pyridine rings is 1. The molecular weight excluding hydrogens is 697 g/mol. The number of aliphatic hydroxyl groups excluding tert-OH is 1. The number of alkyl halides is 2. The van der Waals surface area contributed by atoms with Gasteiger partial charge in [-0.1, -0.05) is 47.1 Å². The van der Waals surface area contributed by atoms with Crippen LogP contribution >= 0.6 is 11.6 Å². The zero-order chi connectivity index (χ0) is 36.1. The van der Waals surface area contributed by atoms with Crippen molar-refractivity contribution in [3.05, 3.63) is 71.2 Å². The van der Waals surface area contributed by atoms with Crippen LogP contribution in [-0.2, 0) is 0 Å². The lowest BCUT2D eigenvalue weighted by atomic mass is 9.95.